The predicted molar refractivity (Wildman–Crippen MR) is 75.9 cm³/mol. The second-order valence-corrected chi connectivity index (χ2v) is 6.38. The van der Waals surface area contributed by atoms with Crippen molar-refractivity contribution in [2.24, 2.45) is 0 Å². The fraction of sp³-hybridized carbons (Fsp3) is 0.154. The predicted octanol–water partition coefficient (Wildman–Crippen LogP) is 3.29. The van der Waals surface area contributed by atoms with Gasteiger partial charge in [-0.3, -0.25) is 4.72 Å². The molecule has 0 aliphatic rings. The highest BCUT2D eigenvalue weighted by Crippen LogP contribution is 2.25. The largest absolute Gasteiger partial charge is 0.276 e. The molecule has 0 radical (unpaired) electrons. The number of nitrogens with zero attached hydrogens (tertiary/aromatic N) is 1. The van der Waals surface area contributed by atoms with Crippen LogP contribution in [0, 0.1) is 19.7 Å². The van der Waals surface area contributed by atoms with Crippen LogP contribution in [0.1, 0.15) is 11.1 Å². The summed E-state index contributed by atoms with van der Waals surface area (Å²) in [5, 5.41) is 0.0546. The molecule has 7 heteroatoms. The summed E-state index contributed by atoms with van der Waals surface area (Å²) in [7, 11) is -3.84. The number of nitrogens with one attached hydrogen (secondary N) is 1. The minimum absolute atomic E-state index is 0.00327. The van der Waals surface area contributed by atoms with Gasteiger partial charge in [-0.05, 0) is 49.2 Å². The van der Waals surface area contributed by atoms with Gasteiger partial charge in [0.2, 0.25) is 0 Å². The summed E-state index contributed by atoms with van der Waals surface area (Å²) < 4.78 is 39.9. The van der Waals surface area contributed by atoms with E-state index in [1.807, 2.05) is 0 Å². The Hall–Kier alpha value is -1.66. The number of hydrogen-bond donors (Lipinski definition) is 1. The number of rotatable bonds is 3. The zero-order valence-corrected chi connectivity index (χ0v) is 12.4. The topological polar surface area (TPSA) is 59.1 Å². The van der Waals surface area contributed by atoms with Crippen LogP contribution < -0.4 is 4.72 Å². The molecule has 0 bridgehead atoms. The SMILES string of the molecule is Cc1cnc(Cl)c(NS(=O)(=O)c2ccc(F)cc2C)c1. The lowest BCUT2D eigenvalue weighted by Crippen LogP contribution is -2.15. The Labute approximate surface area is 121 Å². The zero-order valence-electron chi connectivity index (χ0n) is 10.8. The van der Waals surface area contributed by atoms with Crippen LogP contribution in [0.5, 0.6) is 0 Å². The lowest BCUT2D eigenvalue weighted by molar-refractivity contribution is 0.598. The van der Waals surface area contributed by atoms with Crippen LogP contribution >= 0.6 is 11.6 Å². The van der Waals surface area contributed by atoms with Crippen molar-refractivity contribution in [1.29, 1.82) is 0 Å². The highest BCUT2D eigenvalue weighted by molar-refractivity contribution is 7.92. The van der Waals surface area contributed by atoms with Crippen molar-refractivity contribution in [2.75, 3.05) is 4.72 Å². The van der Waals surface area contributed by atoms with E-state index in [9.17, 15) is 12.8 Å². The van der Waals surface area contributed by atoms with Crippen LogP contribution in [-0.4, -0.2) is 13.4 Å². The monoisotopic (exact) mass is 314 g/mol. The van der Waals surface area contributed by atoms with Gasteiger partial charge < -0.3 is 0 Å². The normalized spacial score (nSPS) is 11.4. The van der Waals surface area contributed by atoms with E-state index in [1.54, 1.807) is 13.0 Å². The van der Waals surface area contributed by atoms with Crippen molar-refractivity contribution >= 4 is 27.3 Å². The Balaban J connectivity index is 2.43. The van der Waals surface area contributed by atoms with Crippen LogP contribution in [0.2, 0.25) is 5.15 Å². The van der Waals surface area contributed by atoms with Gasteiger partial charge in [0.05, 0.1) is 10.6 Å². The van der Waals surface area contributed by atoms with Crippen molar-refractivity contribution in [1.82, 2.24) is 4.98 Å². The minimum Gasteiger partial charge on any atom is -0.276 e. The average Bonchev–Trinajstić information content (AvgIpc) is 2.33. The first-order valence-corrected chi connectivity index (χ1v) is 7.57. The van der Waals surface area contributed by atoms with Gasteiger partial charge in [0, 0.05) is 6.20 Å². The Bertz CT molecular complexity index is 763. The number of anilines is 1. The number of aromatic nitrogens is 1. The van der Waals surface area contributed by atoms with Gasteiger partial charge in [-0.2, -0.15) is 0 Å². The summed E-state index contributed by atoms with van der Waals surface area (Å²) >= 11 is 5.86. The smallest absolute Gasteiger partial charge is 0.262 e. The fourth-order valence-corrected chi connectivity index (χ4v) is 3.23. The molecule has 1 aromatic heterocycles. The number of aryl methyl sites for hydroxylation is 2. The van der Waals surface area contributed by atoms with Crippen molar-refractivity contribution < 1.29 is 12.8 Å². The summed E-state index contributed by atoms with van der Waals surface area (Å²) in [6, 6.07) is 5.04. The first-order chi connectivity index (χ1) is 9.29. The highest BCUT2D eigenvalue weighted by Gasteiger charge is 2.19. The van der Waals surface area contributed by atoms with Gasteiger partial charge >= 0.3 is 0 Å². The molecule has 0 amide bonds. The second-order valence-electron chi connectivity index (χ2n) is 4.37. The molecule has 2 aromatic rings. The number of sulfonamides is 1. The molecule has 0 unspecified atom stereocenters. The third-order valence-corrected chi connectivity index (χ3v) is 4.47. The summed E-state index contributed by atoms with van der Waals surface area (Å²) in [5.74, 6) is -0.489. The Morgan fingerprint density at radius 3 is 2.60 bits per heavy atom. The van der Waals surface area contributed by atoms with Crippen molar-refractivity contribution in [3.05, 3.63) is 52.6 Å². The minimum atomic E-state index is -3.84. The molecule has 0 aliphatic heterocycles. The molecule has 1 aromatic carbocycles. The first-order valence-electron chi connectivity index (χ1n) is 5.71. The fourth-order valence-electron chi connectivity index (χ4n) is 1.74. The molecule has 0 atom stereocenters. The summed E-state index contributed by atoms with van der Waals surface area (Å²) in [4.78, 5) is 3.87. The van der Waals surface area contributed by atoms with E-state index in [0.717, 1.165) is 17.7 Å². The molecule has 0 saturated carbocycles. The molecule has 2 rings (SSSR count). The standard InChI is InChI=1S/C13H12ClFN2O2S/c1-8-5-11(13(14)16-7-8)17-20(18,19)12-4-3-10(15)6-9(12)2/h3-7,17H,1-2H3. The van der Waals surface area contributed by atoms with Gasteiger partial charge in [-0.15, -0.1) is 0 Å². The molecule has 0 aliphatic carbocycles. The third kappa shape index (κ3) is 3.08. The van der Waals surface area contributed by atoms with Crippen molar-refractivity contribution in [3.63, 3.8) is 0 Å². The van der Waals surface area contributed by atoms with Crippen LogP contribution in [0.25, 0.3) is 0 Å². The van der Waals surface area contributed by atoms with E-state index in [-0.39, 0.29) is 15.7 Å². The second kappa shape index (κ2) is 5.38. The molecule has 0 fully saturated rings. The van der Waals surface area contributed by atoms with Crippen LogP contribution in [0.3, 0.4) is 0 Å². The van der Waals surface area contributed by atoms with Crippen LogP contribution in [-0.2, 0) is 10.0 Å². The molecule has 106 valence electrons. The van der Waals surface area contributed by atoms with Gasteiger partial charge in [0.1, 0.15) is 5.82 Å². The van der Waals surface area contributed by atoms with E-state index >= 15 is 0 Å². The lowest BCUT2D eigenvalue weighted by atomic mass is 10.2. The maximum Gasteiger partial charge on any atom is 0.262 e. The zero-order chi connectivity index (χ0) is 14.9. The van der Waals surface area contributed by atoms with Crippen molar-refractivity contribution in [2.45, 2.75) is 18.7 Å². The third-order valence-electron chi connectivity index (χ3n) is 2.65. The Kier molecular flexibility index (Phi) is 3.96. The highest BCUT2D eigenvalue weighted by atomic mass is 35.5. The van der Waals surface area contributed by atoms with E-state index in [1.165, 1.54) is 19.2 Å². The van der Waals surface area contributed by atoms with Crippen molar-refractivity contribution in [3.8, 4) is 0 Å². The maximum absolute atomic E-state index is 13.0. The van der Waals surface area contributed by atoms with E-state index in [4.69, 9.17) is 11.6 Å². The molecule has 20 heavy (non-hydrogen) atoms. The van der Waals surface area contributed by atoms with Gasteiger partial charge in [0.15, 0.2) is 5.15 Å². The van der Waals surface area contributed by atoms with Gasteiger partial charge in [0.25, 0.3) is 10.0 Å². The number of benzene rings is 1. The van der Waals surface area contributed by atoms with Gasteiger partial charge in [-0.1, -0.05) is 11.6 Å². The molecule has 0 saturated heterocycles. The first kappa shape index (κ1) is 14.7. The molecular weight excluding hydrogens is 303 g/mol. The molecule has 0 spiro atoms. The maximum atomic E-state index is 13.0. The number of halogens is 2. The number of pyridine rings is 1. The molecule has 1 N–H and O–H groups in total. The van der Waals surface area contributed by atoms with E-state index in [2.05, 4.69) is 9.71 Å². The summed E-state index contributed by atoms with van der Waals surface area (Å²) in [5.41, 5.74) is 1.27. The van der Waals surface area contributed by atoms with Crippen LogP contribution in [0.4, 0.5) is 10.1 Å². The Morgan fingerprint density at radius 1 is 1.25 bits per heavy atom. The van der Waals surface area contributed by atoms with E-state index < -0.39 is 15.8 Å². The van der Waals surface area contributed by atoms with Gasteiger partial charge in [-0.25, -0.2) is 17.8 Å². The summed E-state index contributed by atoms with van der Waals surface area (Å²) in [6.45, 7) is 3.29. The summed E-state index contributed by atoms with van der Waals surface area (Å²) in [6.07, 6.45) is 1.53. The van der Waals surface area contributed by atoms with Crippen LogP contribution in [0.15, 0.2) is 35.4 Å². The molecule has 4 nitrogen and oxygen atoms in total. The van der Waals surface area contributed by atoms with E-state index in [0.29, 0.717) is 5.56 Å². The average molecular weight is 315 g/mol. The lowest BCUT2D eigenvalue weighted by Gasteiger charge is -2.11. The molecular formula is C13H12ClFN2O2S. The molecule has 1 heterocycles. The quantitative estimate of drug-likeness (QED) is 0.884. The Morgan fingerprint density at radius 2 is 1.95 bits per heavy atom. The number of hydrogen-bond acceptors (Lipinski definition) is 3.